The molecule has 4 nitrogen and oxygen atoms in total. The molecule has 0 aliphatic heterocycles. The lowest BCUT2D eigenvalue weighted by molar-refractivity contribution is -0.132. The minimum Gasteiger partial charge on any atom is -0.477 e. The highest BCUT2D eigenvalue weighted by Gasteiger charge is 2.41. The van der Waals surface area contributed by atoms with E-state index < -0.39 is 5.97 Å². The van der Waals surface area contributed by atoms with Gasteiger partial charge in [-0.1, -0.05) is 86.6 Å². The van der Waals surface area contributed by atoms with E-state index in [1.54, 1.807) is 6.07 Å². The molecule has 0 atom stereocenters. The number of carboxylic acid groups (broad SMARTS) is 1. The van der Waals surface area contributed by atoms with Gasteiger partial charge in [0, 0.05) is 31.9 Å². The Morgan fingerprint density at radius 2 is 1.50 bits per heavy atom. The average molecular weight is 617 g/mol. The highest BCUT2D eigenvalue weighted by molar-refractivity contribution is 7.16. The second-order valence-electron chi connectivity index (χ2n) is 11.6. The third-order valence-electron chi connectivity index (χ3n) is 9.38. The Hall–Kier alpha value is -5.44. The number of anilines is 3. The number of benzene rings is 5. The zero-order chi connectivity index (χ0) is 31.8. The van der Waals surface area contributed by atoms with Gasteiger partial charge in [-0.15, -0.1) is 11.3 Å². The fourth-order valence-electron chi connectivity index (χ4n) is 7.06. The molecule has 0 spiro atoms. The van der Waals surface area contributed by atoms with E-state index in [1.807, 2.05) is 12.1 Å². The quantitative estimate of drug-likeness (QED) is 0.136. The van der Waals surface area contributed by atoms with Crippen molar-refractivity contribution in [3.05, 3.63) is 143 Å². The van der Waals surface area contributed by atoms with Crippen molar-refractivity contribution in [2.45, 2.75) is 32.1 Å². The maximum Gasteiger partial charge on any atom is 0.346 e. The fraction of sp³-hybridized carbons (Fsp3) is 0.122. The summed E-state index contributed by atoms with van der Waals surface area (Å²) < 4.78 is 0. The molecule has 0 bridgehead atoms. The Kier molecular flexibility index (Phi) is 7.52. The summed E-state index contributed by atoms with van der Waals surface area (Å²) in [6.45, 7) is 4.56. The number of aliphatic carboxylic acids is 1. The normalized spacial score (nSPS) is 13.2. The Morgan fingerprint density at radius 1 is 0.804 bits per heavy atom. The second-order valence-corrected chi connectivity index (χ2v) is 12.7. The van der Waals surface area contributed by atoms with Gasteiger partial charge in [-0.25, -0.2) is 4.79 Å². The first-order valence-electron chi connectivity index (χ1n) is 15.5. The van der Waals surface area contributed by atoms with Crippen LogP contribution in [0.2, 0.25) is 0 Å². The largest absolute Gasteiger partial charge is 0.477 e. The minimum atomic E-state index is -1.21. The maximum absolute atomic E-state index is 11.4. The van der Waals surface area contributed by atoms with Crippen LogP contribution in [0.4, 0.5) is 17.1 Å². The number of carboxylic acids is 1. The molecule has 0 radical (unpaired) electrons. The first-order chi connectivity index (χ1) is 22.5. The SMILES string of the molecule is CCC1(CC)c2cc(-c3ccc(/C=C(\C#N)C(=O)O)s3)ccc2-c2ccc(N(c3ccccc3)c3cccc4ccccc34)cc21. The van der Waals surface area contributed by atoms with Crippen LogP contribution in [0.5, 0.6) is 0 Å². The van der Waals surface area contributed by atoms with E-state index in [9.17, 15) is 15.2 Å². The summed E-state index contributed by atoms with van der Waals surface area (Å²) in [6.07, 6.45) is 3.36. The third-order valence-corrected chi connectivity index (χ3v) is 10.5. The lowest BCUT2D eigenvalue weighted by Gasteiger charge is -2.32. The smallest absolute Gasteiger partial charge is 0.346 e. The van der Waals surface area contributed by atoms with Gasteiger partial charge in [0.25, 0.3) is 0 Å². The van der Waals surface area contributed by atoms with Gasteiger partial charge < -0.3 is 10.0 Å². The molecule has 1 aliphatic rings. The summed E-state index contributed by atoms with van der Waals surface area (Å²) in [7, 11) is 0. The van der Waals surface area contributed by atoms with Crippen LogP contribution in [0.1, 0.15) is 42.7 Å². The predicted molar refractivity (Wildman–Crippen MR) is 190 cm³/mol. The molecule has 0 unspecified atom stereocenters. The van der Waals surface area contributed by atoms with Crippen molar-refractivity contribution >= 4 is 51.2 Å². The number of nitrogens with zero attached hydrogens (tertiary/aromatic N) is 2. The Morgan fingerprint density at radius 3 is 2.24 bits per heavy atom. The average Bonchev–Trinajstić information content (AvgIpc) is 3.68. The highest BCUT2D eigenvalue weighted by Crippen LogP contribution is 2.55. The molecule has 0 fully saturated rings. The van der Waals surface area contributed by atoms with Gasteiger partial charge >= 0.3 is 5.97 Å². The van der Waals surface area contributed by atoms with Crippen LogP contribution >= 0.6 is 11.3 Å². The monoisotopic (exact) mass is 616 g/mol. The van der Waals surface area contributed by atoms with E-state index in [4.69, 9.17) is 0 Å². The Bertz CT molecular complexity index is 2180. The number of rotatable bonds is 8. The van der Waals surface area contributed by atoms with Crippen LogP contribution in [0.3, 0.4) is 0 Å². The molecule has 1 N–H and O–H groups in total. The third kappa shape index (κ3) is 4.79. The number of fused-ring (bicyclic) bond motifs is 4. The molecule has 1 heterocycles. The lowest BCUT2D eigenvalue weighted by Crippen LogP contribution is -2.23. The topological polar surface area (TPSA) is 64.3 Å². The molecule has 0 saturated heterocycles. The van der Waals surface area contributed by atoms with Crippen molar-refractivity contribution in [3.63, 3.8) is 0 Å². The maximum atomic E-state index is 11.4. The van der Waals surface area contributed by atoms with Crippen molar-refractivity contribution in [2.24, 2.45) is 0 Å². The van der Waals surface area contributed by atoms with Crippen LogP contribution < -0.4 is 4.90 Å². The molecular weight excluding hydrogens is 585 g/mol. The number of hydrogen-bond acceptors (Lipinski definition) is 4. The summed E-state index contributed by atoms with van der Waals surface area (Å²) in [6, 6.07) is 45.0. The van der Waals surface area contributed by atoms with Crippen molar-refractivity contribution in [2.75, 3.05) is 4.90 Å². The van der Waals surface area contributed by atoms with Crippen LogP contribution in [0.25, 0.3) is 38.4 Å². The van der Waals surface area contributed by atoms with E-state index >= 15 is 0 Å². The van der Waals surface area contributed by atoms with Crippen molar-refractivity contribution in [1.29, 1.82) is 5.26 Å². The van der Waals surface area contributed by atoms with Crippen LogP contribution in [0.15, 0.2) is 127 Å². The molecule has 46 heavy (non-hydrogen) atoms. The van der Waals surface area contributed by atoms with E-state index in [2.05, 4.69) is 128 Å². The lowest BCUT2D eigenvalue weighted by atomic mass is 9.73. The van der Waals surface area contributed by atoms with E-state index in [0.717, 1.165) is 45.2 Å². The molecule has 0 amide bonds. The summed E-state index contributed by atoms with van der Waals surface area (Å²) in [5.74, 6) is -1.21. The molecular formula is C41H32N2O2S. The van der Waals surface area contributed by atoms with Gasteiger partial charge in [-0.05, 0) is 101 Å². The minimum absolute atomic E-state index is 0.158. The second kappa shape index (κ2) is 11.8. The van der Waals surface area contributed by atoms with E-state index in [-0.39, 0.29) is 11.0 Å². The molecule has 1 aliphatic carbocycles. The molecule has 1 aromatic heterocycles. The predicted octanol–water partition coefficient (Wildman–Crippen LogP) is 11.1. The molecule has 5 heteroatoms. The van der Waals surface area contributed by atoms with Gasteiger partial charge in [0.1, 0.15) is 11.6 Å². The number of thiophene rings is 1. The van der Waals surface area contributed by atoms with Crippen LogP contribution in [0, 0.1) is 11.3 Å². The Balaban J connectivity index is 1.36. The highest BCUT2D eigenvalue weighted by atomic mass is 32.1. The van der Waals surface area contributed by atoms with Crippen LogP contribution in [-0.2, 0) is 10.2 Å². The van der Waals surface area contributed by atoms with Crippen molar-refractivity contribution in [3.8, 4) is 27.6 Å². The summed E-state index contributed by atoms with van der Waals surface area (Å²) in [4.78, 5) is 15.5. The molecule has 224 valence electrons. The van der Waals surface area contributed by atoms with Gasteiger partial charge in [0.15, 0.2) is 0 Å². The molecule has 7 rings (SSSR count). The fourth-order valence-corrected chi connectivity index (χ4v) is 8.01. The van der Waals surface area contributed by atoms with Gasteiger partial charge in [-0.3, -0.25) is 0 Å². The summed E-state index contributed by atoms with van der Waals surface area (Å²) >= 11 is 1.50. The summed E-state index contributed by atoms with van der Waals surface area (Å²) in [5, 5.41) is 20.9. The van der Waals surface area contributed by atoms with Gasteiger partial charge in [-0.2, -0.15) is 5.26 Å². The van der Waals surface area contributed by atoms with Crippen molar-refractivity contribution in [1.82, 2.24) is 0 Å². The Labute approximate surface area is 273 Å². The first-order valence-corrected chi connectivity index (χ1v) is 16.4. The zero-order valence-corrected chi connectivity index (χ0v) is 26.5. The number of nitriles is 1. The number of hydrogen-bond donors (Lipinski definition) is 1. The zero-order valence-electron chi connectivity index (χ0n) is 25.7. The van der Waals surface area contributed by atoms with E-state index in [0.29, 0.717) is 0 Å². The van der Waals surface area contributed by atoms with Gasteiger partial charge in [0.2, 0.25) is 0 Å². The summed E-state index contributed by atoms with van der Waals surface area (Å²) in [5.41, 5.74) is 9.26. The molecule has 6 aromatic rings. The first kappa shape index (κ1) is 29.3. The van der Waals surface area contributed by atoms with Crippen LogP contribution in [-0.4, -0.2) is 11.1 Å². The molecule has 0 saturated carbocycles. The van der Waals surface area contributed by atoms with Gasteiger partial charge in [0.05, 0.1) is 5.69 Å². The van der Waals surface area contributed by atoms with E-state index in [1.165, 1.54) is 50.4 Å². The number of para-hydroxylation sites is 1. The number of carbonyl (C=O) groups is 1. The molecule has 5 aromatic carbocycles. The standard InChI is InChI=1S/C41H32N2O2S/c1-3-41(4-2)36-24-28(39-22-19-32(46-39)23-29(26-42)40(44)45)17-20-34(36)35-21-18-31(25-37(35)41)43(30-13-6-5-7-14-30)38-16-10-12-27-11-8-9-15-33(27)38/h5-25H,3-4H2,1-2H3,(H,44,45)/b29-23+. The van der Waals surface area contributed by atoms with Crippen molar-refractivity contribution < 1.29 is 9.90 Å².